The molecule has 0 unspecified atom stereocenters. The van der Waals surface area contributed by atoms with Crippen molar-refractivity contribution in [1.29, 1.82) is 0 Å². The molecule has 1 heterocycles. The average Bonchev–Trinajstić information content (AvgIpc) is 3.00. The van der Waals surface area contributed by atoms with Crippen molar-refractivity contribution in [3.05, 3.63) is 30.3 Å². The molecule has 0 radical (unpaired) electrons. The van der Waals surface area contributed by atoms with Gasteiger partial charge >= 0.3 is 0 Å². The number of hydrogen-bond acceptors (Lipinski definition) is 4. The van der Waals surface area contributed by atoms with Crippen LogP contribution in [-0.4, -0.2) is 54.4 Å². The van der Waals surface area contributed by atoms with Crippen molar-refractivity contribution in [2.45, 2.75) is 38.8 Å². The Morgan fingerprint density at radius 2 is 1.96 bits per heavy atom. The van der Waals surface area contributed by atoms with E-state index in [0.29, 0.717) is 19.5 Å². The smallest absolute Gasteiger partial charge is 0.242 e. The van der Waals surface area contributed by atoms with Crippen LogP contribution in [0, 0.1) is 0 Å². The van der Waals surface area contributed by atoms with Crippen LogP contribution in [0.4, 0.5) is 0 Å². The van der Waals surface area contributed by atoms with Crippen molar-refractivity contribution < 1.29 is 19.1 Å². The quantitative estimate of drug-likeness (QED) is 0.760. The topological polar surface area (TPSA) is 87.7 Å². The molecule has 7 nitrogen and oxygen atoms in total. The summed E-state index contributed by atoms with van der Waals surface area (Å²) in [6, 6.07) is 8.54. The van der Waals surface area contributed by atoms with Gasteiger partial charge in [-0.1, -0.05) is 18.2 Å². The first-order valence-corrected chi connectivity index (χ1v) is 8.53. The van der Waals surface area contributed by atoms with Gasteiger partial charge in [0.15, 0.2) is 0 Å². The van der Waals surface area contributed by atoms with Gasteiger partial charge in [0.25, 0.3) is 0 Å². The zero-order valence-corrected chi connectivity index (χ0v) is 14.7. The standard InChI is InChI=1S/C18H25N3O4/c1-3-19-18(24)16-11-14(12-21(16)13(2)22)20-17(23)9-10-25-15-7-5-4-6-8-15/h4-8,14,16H,3,9-12H2,1-2H3,(H,19,24)(H,20,23)/t14-,16+/m1/s1. The minimum absolute atomic E-state index is 0.152. The first-order valence-electron chi connectivity index (χ1n) is 8.53. The van der Waals surface area contributed by atoms with E-state index in [9.17, 15) is 14.4 Å². The molecule has 7 heteroatoms. The highest BCUT2D eigenvalue weighted by Crippen LogP contribution is 2.18. The summed E-state index contributed by atoms with van der Waals surface area (Å²) in [5.74, 6) is 0.221. The van der Waals surface area contributed by atoms with E-state index in [4.69, 9.17) is 4.74 Å². The van der Waals surface area contributed by atoms with Crippen molar-refractivity contribution in [2.24, 2.45) is 0 Å². The van der Waals surface area contributed by atoms with Gasteiger partial charge in [-0.25, -0.2) is 0 Å². The number of ether oxygens (including phenoxy) is 1. The number of nitrogens with zero attached hydrogens (tertiary/aromatic N) is 1. The number of rotatable bonds is 7. The second-order valence-electron chi connectivity index (χ2n) is 5.99. The Labute approximate surface area is 147 Å². The fraction of sp³-hybridized carbons (Fsp3) is 0.500. The summed E-state index contributed by atoms with van der Waals surface area (Å²) >= 11 is 0. The maximum atomic E-state index is 12.1. The van der Waals surface area contributed by atoms with Crippen molar-refractivity contribution in [1.82, 2.24) is 15.5 Å². The van der Waals surface area contributed by atoms with Crippen LogP contribution in [0.15, 0.2) is 30.3 Å². The van der Waals surface area contributed by atoms with Crippen molar-refractivity contribution in [2.75, 3.05) is 19.7 Å². The molecule has 1 fully saturated rings. The van der Waals surface area contributed by atoms with Crippen molar-refractivity contribution in [3.63, 3.8) is 0 Å². The fourth-order valence-electron chi connectivity index (χ4n) is 2.91. The summed E-state index contributed by atoms with van der Waals surface area (Å²) in [6.07, 6.45) is 0.647. The van der Waals surface area contributed by atoms with E-state index in [2.05, 4.69) is 10.6 Å². The zero-order chi connectivity index (χ0) is 18.2. The zero-order valence-electron chi connectivity index (χ0n) is 14.7. The lowest BCUT2D eigenvalue weighted by Crippen LogP contribution is -2.45. The summed E-state index contributed by atoms with van der Waals surface area (Å²) in [4.78, 5) is 37.4. The Balaban J connectivity index is 1.80. The third-order valence-electron chi connectivity index (χ3n) is 4.07. The molecule has 2 atom stereocenters. The molecule has 0 bridgehead atoms. The number of para-hydroxylation sites is 1. The van der Waals surface area contributed by atoms with Gasteiger partial charge in [0.05, 0.1) is 13.0 Å². The normalized spacial score (nSPS) is 19.4. The average molecular weight is 347 g/mol. The highest BCUT2D eigenvalue weighted by atomic mass is 16.5. The number of nitrogens with one attached hydrogen (secondary N) is 2. The summed E-state index contributed by atoms with van der Waals surface area (Å²) in [7, 11) is 0. The summed E-state index contributed by atoms with van der Waals surface area (Å²) in [5.41, 5.74) is 0. The number of benzene rings is 1. The Hall–Kier alpha value is -2.57. The van der Waals surface area contributed by atoms with E-state index in [1.807, 2.05) is 37.3 Å². The Kier molecular flexibility index (Phi) is 6.80. The van der Waals surface area contributed by atoms with E-state index in [-0.39, 0.29) is 36.8 Å². The summed E-state index contributed by atoms with van der Waals surface area (Å²) < 4.78 is 5.50. The third kappa shape index (κ3) is 5.48. The van der Waals surface area contributed by atoms with Crippen LogP contribution in [0.2, 0.25) is 0 Å². The molecule has 136 valence electrons. The Bertz CT molecular complexity index is 606. The number of likely N-dealkylation sites (N-methyl/N-ethyl adjacent to an activating group) is 1. The van der Waals surface area contributed by atoms with Crippen LogP contribution in [0.1, 0.15) is 26.7 Å². The second kappa shape index (κ2) is 9.05. The predicted octanol–water partition coefficient (Wildman–Crippen LogP) is 0.697. The monoisotopic (exact) mass is 347 g/mol. The van der Waals surface area contributed by atoms with E-state index >= 15 is 0 Å². The number of likely N-dealkylation sites (tertiary alicyclic amines) is 1. The lowest BCUT2D eigenvalue weighted by atomic mass is 10.1. The Morgan fingerprint density at radius 1 is 1.24 bits per heavy atom. The minimum atomic E-state index is -0.525. The molecular formula is C18H25N3O4. The molecule has 0 saturated carbocycles. The van der Waals surface area contributed by atoms with Gasteiger partial charge in [-0.05, 0) is 25.5 Å². The van der Waals surface area contributed by atoms with Crippen molar-refractivity contribution in [3.8, 4) is 5.75 Å². The van der Waals surface area contributed by atoms with Crippen molar-refractivity contribution >= 4 is 17.7 Å². The first kappa shape index (κ1) is 18.8. The van der Waals surface area contributed by atoms with Crippen LogP contribution in [0.25, 0.3) is 0 Å². The highest BCUT2D eigenvalue weighted by molar-refractivity contribution is 5.88. The van der Waals surface area contributed by atoms with E-state index in [1.165, 1.54) is 11.8 Å². The maximum absolute atomic E-state index is 12.1. The lowest BCUT2D eigenvalue weighted by Gasteiger charge is -2.21. The summed E-state index contributed by atoms with van der Waals surface area (Å²) in [5, 5.41) is 5.62. The molecule has 0 aromatic heterocycles. The van der Waals surface area contributed by atoms with Gasteiger partial charge in [-0.2, -0.15) is 0 Å². The van der Waals surface area contributed by atoms with E-state index < -0.39 is 6.04 Å². The third-order valence-corrected chi connectivity index (χ3v) is 4.07. The number of hydrogen-bond donors (Lipinski definition) is 2. The van der Waals surface area contributed by atoms with E-state index in [0.717, 1.165) is 5.75 Å². The molecule has 1 aliphatic rings. The molecule has 2 N–H and O–H groups in total. The minimum Gasteiger partial charge on any atom is -0.493 e. The first-order chi connectivity index (χ1) is 12.0. The molecule has 25 heavy (non-hydrogen) atoms. The highest BCUT2D eigenvalue weighted by Gasteiger charge is 2.38. The lowest BCUT2D eigenvalue weighted by molar-refractivity contribution is -0.136. The van der Waals surface area contributed by atoms with Gasteiger partial charge in [0, 0.05) is 26.1 Å². The number of carbonyl (C=O) groups is 3. The molecule has 2 rings (SSSR count). The van der Waals surface area contributed by atoms with Crippen LogP contribution in [-0.2, 0) is 14.4 Å². The maximum Gasteiger partial charge on any atom is 0.242 e. The van der Waals surface area contributed by atoms with Crippen LogP contribution >= 0.6 is 0 Å². The van der Waals surface area contributed by atoms with E-state index in [1.54, 1.807) is 0 Å². The molecule has 1 aromatic rings. The second-order valence-corrected chi connectivity index (χ2v) is 5.99. The van der Waals surface area contributed by atoms with Gasteiger partial charge in [-0.15, -0.1) is 0 Å². The molecule has 1 aliphatic heterocycles. The molecule has 0 aliphatic carbocycles. The van der Waals surface area contributed by atoms with Gasteiger partial charge < -0.3 is 20.3 Å². The Morgan fingerprint density at radius 3 is 2.60 bits per heavy atom. The van der Waals surface area contributed by atoms with Crippen LogP contribution in [0.5, 0.6) is 5.75 Å². The molecule has 3 amide bonds. The van der Waals surface area contributed by atoms with Gasteiger partial charge in [-0.3, -0.25) is 14.4 Å². The SMILES string of the molecule is CCNC(=O)[C@@H]1C[C@@H](NC(=O)CCOc2ccccc2)CN1C(C)=O. The summed E-state index contributed by atoms with van der Waals surface area (Å²) in [6.45, 7) is 4.40. The molecule has 0 spiro atoms. The predicted molar refractivity (Wildman–Crippen MR) is 93.0 cm³/mol. The molecular weight excluding hydrogens is 322 g/mol. The largest absolute Gasteiger partial charge is 0.493 e. The van der Waals surface area contributed by atoms with Crippen LogP contribution < -0.4 is 15.4 Å². The number of amides is 3. The molecule has 1 aromatic carbocycles. The molecule has 1 saturated heterocycles. The van der Waals surface area contributed by atoms with Gasteiger partial charge in [0.1, 0.15) is 11.8 Å². The van der Waals surface area contributed by atoms with Gasteiger partial charge in [0.2, 0.25) is 17.7 Å². The fourth-order valence-corrected chi connectivity index (χ4v) is 2.91. The van der Waals surface area contributed by atoms with Crippen LogP contribution in [0.3, 0.4) is 0 Å². The number of carbonyl (C=O) groups excluding carboxylic acids is 3.